The number of nitrogens with zero attached hydrogens (tertiary/aromatic N) is 1. The van der Waals surface area contributed by atoms with E-state index in [1.807, 2.05) is 0 Å². The summed E-state index contributed by atoms with van der Waals surface area (Å²) >= 11 is 0. The lowest BCUT2D eigenvalue weighted by atomic mass is 10.2. The van der Waals surface area contributed by atoms with Gasteiger partial charge >= 0.3 is 6.03 Å². The third kappa shape index (κ3) is 3.47. The van der Waals surface area contributed by atoms with Crippen molar-refractivity contribution in [2.75, 3.05) is 10.6 Å². The standard InChI is InChI=1S/C14H13N3O4/c1-9-6-7-10(17(20)21)8-12(9)16-14(19)15-11-4-2-3-5-13(11)18/h2-8,18H,1H3,(H2,15,16,19). The number of urea groups is 1. The van der Waals surface area contributed by atoms with Crippen molar-refractivity contribution < 1.29 is 14.8 Å². The predicted molar refractivity (Wildman–Crippen MR) is 78.6 cm³/mol. The fraction of sp³-hybridized carbons (Fsp3) is 0.0714. The molecule has 0 saturated heterocycles. The molecule has 3 N–H and O–H groups in total. The number of phenols is 1. The molecule has 2 amide bonds. The summed E-state index contributed by atoms with van der Waals surface area (Å²) in [7, 11) is 0. The summed E-state index contributed by atoms with van der Waals surface area (Å²) < 4.78 is 0. The third-order valence-corrected chi connectivity index (χ3v) is 2.83. The topological polar surface area (TPSA) is 105 Å². The Morgan fingerprint density at radius 1 is 1.14 bits per heavy atom. The Morgan fingerprint density at radius 2 is 1.81 bits per heavy atom. The second kappa shape index (κ2) is 5.91. The van der Waals surface area contributed by atoms with Crippen LogP contribution in [0, 0.1) is 17.0 Å². The Balaban J connectivity index is 2.15. The molecule has 108 valence electrons. The van der Waals surface area contributed by atoms with Crippen molar-refractivity contribution in [1.82, 2.24) is 0 Å². The number of aromatic hydroxyl groups is 1. The zero-order valence-electron chi connectivity index (χ0n) is 11.2. The average Bonchev–Trinajstić information content (AvgIpc) is 2.43. The first-order valence-electron chi connectivity index (χ1n) is 6.08. The first-order valence-corrected chi connectivity index (χ1v) is 6.08. The van der Waals surface area contributed by atoms with E-state index in [9.17, 15) is 20.0 Å². The van der Waals surface area contributed by atoms with E-state index in [2.05, 4.69) is 10.6 Å². The second-order valence-electron chi connectivity index (χ2n) is 4.35. The number of aryl methyl sites for hydroxylation is 1. The van der Waals surface area contributed by atoms with Gasteiger partial charge in [-0.05, 0) is 24.6 Å². The summed E-state index contributed by atoms with van der Waals surface area (Å²) in [6.45, 7) is 1.72. The summed E-state index contributed by atoms with van der Waals surface area (Å²) in [4.78, 5) is 22.1. The fourth-order valence-electron chi connectivity index (χ4n) is 1.71. The number of nitro benzene ring substituents is 1. The minimum Gasteiger partial charge on any atom is -0.506 e. The van der Waals surface area contributed by atoms with Crippen LogP contribution in [0.2, 0.25) is 0 Å². The van der Waals surface area contributed by atoms with Crippen molar-refractivity contribution in [3.8, 4) is 5.75 Å². The van der Waals surface area contributed by atoms with Gasteiger partial charge < -0.3 is 15.7 Å². The maximum Gasteiger partial charge on any atom is 0.323 e. The molecule has 0 unspecified atom stereocenters. The van der Waals surface area contributed by atoms with Crippen LogP contribution in [0.5, 0.6) is 5.75 Å². The van der Waals surface area contributed by atoms with Crippen molar-refractivity contribution in [3.05, 3.63) is 58.1 Å². The van der Waals surface area contributed by atoms with Gasteiger partial charge in [0, 0.05) is 12.1 Å². The van der Waals surface area contributed by atoms with Gasteiger partial charge in [-0.25, -0.2) is 4.79 Å². The molecule has 0 fully saturated rings. The van der Waals surface area contributed by atoms with Gasteiger partial charge in [0.2, 0.25) is 0 Å². The number of carbonyl (C=O) groups is 1. The molecule has 2 aromatic rings. The van der Waals surface area contributed by atoms with Crippen LogP contribution in [0.15, 0.2) is 42.5 Å². The molecule has 2 rings (SSSR count). The minimum atomic E-state index is -0.597. The SMILES string of the molecule is Cc1ccc([N+](=O)[O-])cc1NC(=O)Nc1ccccc1O. The summed E-state index contributed by atoms with van der Waals surface area (Å²) in [5.74, 6) is -0.0663. The van der Waals surface area contributed by atoms with Gasteiger partial charge in [-0.3, -0.25) is 10.1 Å². The van der Waals surface area contributed by atoms with Crippen molar-refractivity contribution >= 4 is 23.1 Å². The van der Waals surface area contributed by atoms with E-state index in [1.54, 1.807) is 25.1 Å². The van der Waals surface area contributed by atoms with E-state index in [0.29, 0.717) is 11.3 Å². The van der Waals surface area contributed by atoms with E-state index in [0.717, 1.165) is 0 Å². The molecule has 7 heteroatoms. The van der Waals surface area contributed by atoms with Crippen LogP contribution in [-0.4, -0.2) is 16.1 Å². The van der Waals surface area contributed by atoms with Crippen LogP contribution in [0.3, 0.4) is 0 Å². The van der Waals surface area contributed by atoms with Crippen LogP contribution < -0.4 is 10.6 Å². The van der Waals surface area contributed by atoms with E-state index in [4.69, 9.17) is 0 Å². The van der Waals surface area contributed by atoms with Crippen LogP contribution >= 0.6 is 0 Å². The Bertz CT molecular complexity index is 700. The highest BCUT2D eigenvalue weighted by Gasteiger charge is 2.11. The summed E-state index contributed by atoms with van der Waals surface area (Å²) in [6.07, 6.45) is 0. The number of rotatable bonds is 3. The molecule has 2 aromatic carbocycles. The highest BCUT2D eigenvalue weighted by molar-refractivity contribution is 6.01. The Kier molecular flexibility index (Phi) is 4.03. The molecule has 21 heavy (non-hydrogen) atoms. The van der Waals surface area contributed by atoms with Gasteiger partial charge in [-0.1, -0.05) is 18.2 Å². The zero-order valence-corrected chi connectivity index (χ0v) is 11.2. The smallest absolute Gasteiger partial charge is 0.323 e. The normalized spacial score (nSPS) is 9.95. The maximum absolute atomic E-state index is 11.9. The number of phenolic OH excluding ortho intramolecular Hbond substituents is 1. The molecule has 0 aliphatic carbocycles. The molecular formula is C14H13N3O4. The summed E-state index contributed by atoms with van der Waals surface area (Å²) in [5.41, 5.74) is 1.15. The molecule has 0 bridgehead atoms. The lowest BCUT2D eigenvalue weighted by Crippen LogP contribution is -2.20. The van der Waals surface area contributed by atoms with Gasteiger partial charge in [0.15, 0.2) is 0 Å². The van der Waals surface area contributed by atoms with Crippen molar-refractivity contribution in [1.29, 1.82) is 0 Å². The van der Waals surface area contributed by atoms with E-state index >= 15 is 0 Å². The molecule has 7 nitrogen and oxygen atoms in total. The van der Waals surface area contributed by atoms with Gasteiger partial charge in [-0.15, -0.1) is 0 Å². The van der Waals surface area contributed by atoms with E-state index in [-0.39, 0.29) is 17.1 Å². The number of benzene rings is 2. The molecule has 0 radical (unpaired) electrons. The Labute approximate surface area is 120 Å². The first kappa shape index (κ1) is 14.3. The Morgan fingerprint density at radius 3 is 2.48 bits per heavy atom. The van der Waals surface area contributed by atoms with E-state index < -0.39 is 11.0 Å². The molecule has 0 saturated carbocycles. The molecule has 0 heterocycles. The van der Waals surface area contributed by atoms with Gasteiger partial charge in [0.1, 0.15) is 5.75 Å². The van der Waals surface area contributed by atoms with Gasteiger partial charge in [-0.2, -0.15) is 0 Å². The lowest BCUT2D eigenvalue weighted by molar-refractivity contribution is -0.384. The number of hydrogen-bond donors (Lipinski definition) is 3. The number of para-hydroxylation sites is 2. The fourth-order valence-corrected chi connectivity index (χ4v) is 1.71. The molecule has 0 aliphatic heterocycles. The quantitative estimate of drug-likeness (QED) is 0.457. The summed E-state index contributed by atoms with van der Waals surface area (Å²) in [5, 5.41) is 25.3. The highest BCUT2D eigenvalue weighted by atomic mass is 16.6. The summed E-state index contributed by atoms with van der Waals surface area (Å²) in [6, 6.07) is 9.86. The number of nitrogens with one attached hydrogen (secondary N) is 2. The monoisotopic (exact) mass is 287 g/mol. The van der Waals surface area contributed by atoms with Crippen LogP contribution in [0.25, 0.3) is 0 Å². The molecule has 0 aliphatic rings. The predicted octanol–water partition coefficient (Wildman–Crippen LogP) is 3.25. The number of nitro groups is 1. The van der Waals surface area contributed by atoms with Crippen LogP contribution in [0.4, 0.5) is 21.9 Å². The molecule has 0 atom stereocenters. The highest BCUT2D eigenvalue weighted by Crippen LogP contribution is 2.24. The first-order chi connectivity index (χ1) is 9.97. The average molecular weight is 287 g/mol. The number of anilines is 2. The molecule has 0 aromatic heterocycles. The number of carbonyl (C=O) groups excluding carboxylic acids is 1. The van der Waals surface area contributed by atoms with Crippen molar-refractivity contribution in [3.63, 3.8) is 0 Å². The van der Waals surface area contributed by atoms with Crippen LogP contribution in [-0.2, 0) is 0 Å². The third-order valence-electron chi connectivity index (χ3n) is 2.83. The number of hydrogen-bond acceptors (Lipinski definition) is 4. The largest absolute Gasteiger partial charge is 0.506 e. The van der Waals surface area contributed by atoms with Gasteiger partial charge in [0.25, 0.3) is 5.69 Å². The second-order valence-corrected chi connectivity index (χ2v) is 4.35. The van der Waals surface area contributed by atoms with Crippen molar-refractivity contribution in [2.24, 2.45) is 0 Å². The molecular weight excluding hydrogens is 274 g/mol. The minimum absolute atomic E-state index is 0.0663. The van der Waals surface area contributed by atoms with E-state index in [1.165, 1.54) is 24.3 Å². The lowest BCUT2D eigenvalue weighted by Gasteiger charge is -2.10. The number of non-ortho nitro benzene ring substituents is 1. The Hall–Kier alpha value is -3.09. The van der Waals surface area contributed by atoms with Crippen molar-refractivity contribution in [2.45, 2.75) is 6.92 Å². The molecule has 0 spiro atoms. The zero-order chi connectivity index (χ0) is 15.4. The van der Waals surface area contributed by atoms with Crippen LogP contribution in [0.1, 0.15) is 5.56 Å². The van der Waals surface area contributed by atoms with Gasteiger partial charge in [0.05, 0.1) is 16.3 Å². The number of amides is 2. The maximum atomic E-state index is 11.9.